The smallest absolute Gasteiger partial charge is 0.0822 e. The molecule has 0 aliphatic carbocycles. The normalized spacial score (nSPS) is 15.0. The standard InChI is InChI=1S/C15H31O/c1-4-5-6-7-8-9-11-14(2)15(3)12-10-13-16/h14-15H,4-13H2,1-3H3. The second kappa shape index (κ2) is 11.4. The molecule has 0 rings (SSSR count). The van der Waals surface area contributed by atoms with Crippen LogP contribution in [0, 0.1) is 11.8 Å². The van der Waals surface area contributed by atoms with Gasteiger partial charge in [0, 0.05) is 0 Å². The van der Waals surface area contributed by atoms with E-state index in [-0.39, 0.29) is 6.61 Å². The lowest BCUT2D eigenvalue weighted by atomic mass is 9.87. The van der Waals surface area contributed by atoms with Gasteiger partial charge in [0.1, 0.15) is 0 Å². The Morgan fingerprint density at radius 1 is 0.750 bits per heavy atom. The summed E-state index contributed by atoms with van der Waals surface area (Å²) in [6.45, 7) is 7.02. The first-order chi connectivity index (χ1) is 7.72. The number of rotatable bonds is 11. The van der Waals surface area contributed by atoms with E-state index in [4.69, 9.17) is 0 Å². The number of unbranched alkanes of at least 4 members (excludes halogenated alkanes) is 5. The van der Waals surface area contributed by atoms with Crippen LogP contribution in [0.2, 0.25) is 0 Å². The highest BCUT2D eigenvalue weighted by atomic mass is 16.2. The van der Waals surface area contributed by atoms with Gasteiger partial charge in [0.15, 0.2) is 0 Å². The van der Waals surface area contributed by atoms with Crippen LogP contribution in [0.4, 0.5) is 0 Å². The van der Waals surface area contributed by atoms with Crippen LogP contribution in [0.5, 0.6) is 0 Å². The molecule has 0 aromatic heterocycles. The highest BCUT2D eigenvalue weighted by Gasteiger charge is 2.11. The van der Waals surface area contributed by atoms with E-state index in [2.05, 4.69) is 20.8 Å². The molecule has 0 bridgehead atoms. The van der Waals surface area contributed by atoms with Gasteiger partial charge in [-0.25, -0.2) is 5.11 Å². The lowest BCUT2D eigenvalue weighted by Gasteiger charge is -2.19. The first-order valence-corrected chi connectivity index (χ1v) is 7.30. The largest absolute Gasteiger partial charge is 0.237 e. The molecular formula is C15H31O. The Bertz CT molecular complexity index is 133. The van der Waals surface area contributed by atoms with Crippen molar-refractivity contribution >= 4 is 0 Å². The second-order valence-corrected chi connectivity index (χ2v) is 5.36. The van der Waals surface area contributed by atoms with Crippen LogP contribution in [-0.4, -0.2) is 6.61 Å². The molecule has 0 spiro atoms. The predicted octanol–water partition coefficient (Wildman–Crippen LogP) is 5.22. The van der Waals surface area contributed by atoms with Crippen molar-refractivity contribution in [2.24, 2.45) is 11.8 Å². The Kier molecular flexibility index (Phi) is 11.4. The topological polar surface area (TPSA) is 19.9 Å². The van der Waals surface area contributed by atoms with Gasteiger partial charge in [-0.2, -0.15) is 0 Å². The van der Waals surface area contributed by atoms with E-state index in [1.807, 2.05) is 0 Å². The summed E-state index contributed by atoms with van der Waals surface area (Å²) in [5.74, 6) is 1.54. The molecule has 0 amide bonds. The molecular weight excluding hydrogens is 196 g/mol. The zero-order valence-corrected chi connectivity index (χ0v) is 11.6. The van der Waals surface area contributed by atoms with Crippen molar-refractivity contribution in [2.45, 2.75) is 78.6 Å². The maximum Gasteiger partial charge on any atom is 0.0822 e. The summed E-state index contributed by atoms with van der Waals surface area (Å²) in [5.41, 5.74) is 0. The average Bonchev–Trinajstić information content (AvgIpc) is 2.30. The number of hydrogen-bond donors (Lipinski definition) is 0. The fourth-order valence-corrected chi connectivity index (χ4v) is 2.22. The molecule has 0 aliphatic rings. The van der Waals surface area contributed by atoms with Crippen LogP contribution in [0.25, 0.3) is 0 Å². The molecule has 0 aliphatic heterocycles. The van der Waals surface area contributed by atoms with E-state index in [0.29, 0.717) is 0 Å². The maximum absolute atomic E-state index is 10.4. The zero-order valence-electron chi connectivity index (χ0n) is 11.6. The molecule has 0 heterocycles. The van der Waals surface area contributed by atoms with E-state index in [1.165, 1.54) is 44.9 Å². The highest BCUT2D eigenvalue weighted by molar-refractivity contribution is 4.62. The molecule has 0 saturated heterocycles. The monoisotopic (exact) mass is 227 g/mol. The summed E-state index contributed by atoms with van der Waals surface area (Å²) in [6, 6.07) is 0. The van der Waals surface area contributed by atoms with Gasteiger partial charge in [0.2, 0.25) is 0 Å². The Labute approximate surface area is 103 Å². The molecule has 0 N–H and O–H groups in total. The summed E-state index contributed by atoms with van der Waals surface area (Å²) >= 11 is 0. The van der Waals surface area contributed by atoms with Crippen LogP contribution < -0.4 is 0 Å². The van der Waals surface area contributed by atoms with Crippen molar-refractivity contribution in [1.82, 2.24) is 0 Å². The Morgan fingerprint density at radius 3 is 1.81 bits per heavy atom. The molecule has 97 valence electrons. The average molecular weight is 227 g/mol. The van der Waals surface area contributed by atoms with Gasteiger partial charge >= 0.3 is 0 Å². The van der Waals surface area contributed by atoms with Gasteiger partial charge in [-0.15, -0.1) is 0 Å². The van der Waals surface area contributed by atoms with Crippen molar-refractivity contribution in [3.05, 3.63) is 0 Å². The lowest BCUT2D eigenvalue weighted by Crippen LogP contribution is -2.08. The van der Waals surface area contributed by atoms with Gasteiger partial charge < -0.3 is 0 Å². The van der Waals surface area contributed by atoms with Gasteiger partial charge in [-0.1, -0.05) is 65.7 Å². The molecule has 16 heavy (non-hydrogen) atoms. The molecule has 1 radical (unpaired) electrons. The fourth-order valence-electron chi connectivity index (χ4n) is 2.22. The molecule has 0 aromatic rings. The minimum Gasteiger partial charge on any atom is -0.237 e. The minimum atomic E-state index is 0.105. The minimum absolute atomic E-state index is 0.105. The Hall–Kier alpha value is -0.0400. The van der Waals surface area contributed by atoms with Gasteiger partial charge in [0.05, 0.1) is 6.61 Å². The zero-order chi connectivity index (χ0) is 12.2. The molecule has 1 heteroatoms. The van der Waals surface area contributed by atoms with Crippen LogP contribution in [0.1, 0.15) is 78.6 Å². The van der Waals surface area contributed by atoms with Crippen molar-refractivity contribution in [3.8, 4) is 0 Å². The van der Waals surface area contributed by atoms with E-state index in [0.717, 1.165) is 24.7 Å². The van der Waals surface area contributed by atoms with E-state index < -0.39 is 0 Å². The molecule has 1 nitrogen and oxygen atoms in total. The quantitative estimate of drug-likeness (QED) is 0.431. The first kappa shape index (κ1) is 16.0. The van der Waals surface area contributed by atoms with Crippen molar-refractivity contribution in [2.75, 3.05) is 6.61 Å². The summed E-state index contributed by atoms with van der Waals surface area (Å²) in [6.07, 6.45) is 11.7. The third kappa shape index (κ3) is 9.21. The van der Waals surface area contributed by atoms with Crippen molar-refractivity contribution in [1.29, 1.82) is 0 Å². The third-order valence-electron chi connectivity index (χ3n) is 3.79. The van der Waals surface area contributed by atoms with E-state index >= 15 is 0 Å². The SMILES string of the molecule is CCCCCCCCC(C)C(C)CCC[O]. The van der Waals surface area contributed by atoms with Crippen molar-refractivity contribution < 1.29 is 5.11 Å². The summed E-state index contributed by atoms with van der Waals surface area (Å²) < 4.78 is 0. The maximum atomic E-state index is 10.4. The molecule has 2 atom stereocenters. The fraction of sp³-hybridized carbons (Fsp3) is 1.00. The summed E-state index contributed by atoms with van der Waals surface area (Å²) in [7, 11) is 0. The first-order valence-electron chi connectivity index (χ1n) is 7.30. The van der Waals surface area contributed by atoms with Crippen molar-refractivity contribution in [3.63, 3.8) is 0 Å². The lowest BCUT2D eigenvalue weighted by molar-refractivity contribution is 0.175. The van der Waals surface area contributed by atoms with E-state index in [1.54, 1.807) is 0 Å². The molecule has 2 unspecified atom stereocenters. The second-order valence-electron chi connectivity index (χ2n) is 5.36. The molecule has 0 fully saturated rings. The van der Waals surface area contributed by atoms with Crippen LogP contribution in [-0.2, 0) is 5.11 Å². The predicted molar refractivity (Wildman–Crippen MR) is 71.1 cm³/mol. The summed E-state index contributed by atoms with van der Waals surface area (Å²) in [4.78, 5) is 0. The Balaban J connectivity index is 3.31. The van der Waals surface area contributed by atoms with Crippen LogP contribution in [0.15, 0.2) is 0 Å². The van der Waals surface area contributed by atoms with Crippen LogP contribution in [0.3, 0.4) is 0 Å². The molecule has 0 aromatic carbocycles. The van der Waals surface area contributed by atoms with Crippen LogP contribution >= 0.6 is 0 Å². The van der Waals surface area contributed by atoms with E-state index in [9.17, 15) is 5.11 Å². The molecule has 0 saturated carbocycles. The van der Waals surface area contributed by atoms with Gasteiger partial charge in [-0.3, -0.25) is 0 Å². The van der Waals surface area contributed by atoms with Gasteiger partial charge in [-0.05, 0) is 24.7 Å². The number of hydrogen-bond acceptors (Lipinski definition) is 0. The highest BCUT2D eigenvalue weighted by Crippen LogP contribution is 2.22. The van der Waals surface area contributed by atoms with Gasteiger partial charge in [0.25, 0.3) is 0 Å². The summed E-state index contributed by atoms with van der Waals surface area (Å²) in [5, 5.41) is 10.4. The third-order valence-corrected chi connectivity index (χ3v) is 3.79. The Morgan fingerprint density at radius 2 is 1.25 bits per heavy atom.